The van der Waals surface area contributed by atoms with Gasteiger partial charge in [0.15, 0.2) is 8.32 Å². The summed E-state index contributed by atoms with van der Waals surface area (Å²) in [6.45, 7) is 13.9. The maximum absolute atomic E-state index is 6.22. The van der Waals surface area contributed by atoms with E-state index >= 15 is 0 Å². The van der Waals surface area contributed by atoms with Gasteiger partial charge in [-0.1, -0.05) is 20.8 Å². The van der Waals surface area contributed by atoms with E-state index < -0.39 is 8.32 Å². The molecule has 0 saturated carbocycles. The number of nitrogens with zero attached hydrogens (tertiary/aromatic N) is 1. The molecule has 4 heteroatoms. The van der Waals surface area contributed by atoms with Gasteiger partial charge in [0.1, 0.15) is 0 Å². The summed E-state index contributed by atoms with van der Waals surface area (Å²) < 4.78 is 11.5. The fourth-order valence-corrected chi connectivity index (χ4v) is 2.32. The zero-order valence-corrected chi connectivity index (χ0v) is 13.6. The first kappa shape index (κ1) is 15.2. The van der Waals surface area contributed by atoms with E-state index in [1.165, 1.54) is 5.56 Å². The molecule has 102 valence electrons. The first-order valence-corrected chi connectivity index (χ1v) is 9.22. The summed E-state index contributed by atoms with van der Waals surface area (Å²) in [5.74, 6) is 0.675. The monoisotopic (exact) mass is 267 g/mol. The Bertz CT molecular complexity index is 411. The molecule has 1 aromatic rings. The van der Waals surface area contributed by atoms with E-state index in [2.05, 4.69) is 45.8 Å². The first-order valence-electron chi connectivity index (χ1n) is 6.31. The predicted octanol–water partition coefficient (Wildman–Crippen LogP) is 3.92. The van der Waals surface area contributed by atoms with E-state index in [-0.39, 0.29) is 5.04 Å². The van der Waals surface area contributed by atoms with Gasteiger partial charge in [0, 0.05) is 11.8 Å². The van der Waals surface area contributed by atoms with Crippen LogP contribution in [0.15, 0.2) is 12.3 Å². The number of ether oxygens (including phenoxy) is 1. The van der Waals surface area contributed by atoms with Crippen LogP contribution in [-0.2, 0) is 11.0 Å². The molecule has 0 saturated heterocycles. The zero-order chi connectivity index (χ0) is 14.0. The third-order valence-corrected chi connectivity index (χ3v) is 8.31. The molecular weight excluding hydrogens is 242 g/mol. The van der Waals surface area contributed by atoms with Crippen molar-refractivity contribution in [2.75, 3.05) is 7.11 Å². The van der Waals surface area contributed by atoms with Crippen LogP contribution >= 0.6 is 0 Å². The van der Waals surface area contributed by atoms with Crippen LogP contribution in [-0.4, -0.2) is 20.4 Å². The third kappa shape index (κ3) is 3.33. The Hall–Kier alpha value is -0.873. The Labute approximate surface area is 112 Å². The van der Waals surface area contributed by atoms with Gasteiger partial charge in [0.25, 0.3) is 0 Å². The largest absolute Gasteiger partial charge is 0.481 e. The van der Waals surface area contributed by atoms with Crippen molar-refractivity contribution in [1.29, 1.82) is 0 Å². The van der Waals surface area contributed by atoms with Gasteiger partial charge in [0.2, 0.25) is 5.88 Å². The molecule has 0 N–H and O–H groups in total. The van der Waals surface area contributed by atoms with Gasteiger partial charge in [-0.25, -0.2) is 4.98 Å². The summed E-state index contributed by atoms with van der Waals surface area (Å²) >= 11 is 0. The standard InChI is InChI=1S/C14H25NO2Si/c1-11-8-9-15-13(16-5)12(11)10-17-18(6,7)14(2,3)4/h8-9H,10H2,1-7H3. The average molecular weight is 267 g/mol. The summed E-state index contributed by atoms with van der Waals surface area (Å²) in [6, 6.07) is 1.99. The van der Waals surface area contributed by atoms with Crippen LogP contribution in [0.3, 0.4) is 0 Å². The summed E-state index contributed by atoms with van der Waals surface area (Å²) in [7, 11) is -0.0792. The zero-order valence-electron chi connectivity index (χ0n) is 12.6. The average Bonchev–Trinajstić information content (AvgIpc) is 2.25. The molecule has 0 radical (unpaired) electrons. The number of methoxy groups -OCH3 is 1. The minimum Gasteiger partial charge on any atom is -0.481 e. The quantitative estimate of drug-likeness (QED) is 0.775. The molecule has 0 aliphatic carbocycles. The molecule has 1 heterocycles. The van der Waals surface area contributed by atoms with Crippen LogP contribution in [0.25, 0.3) is 0 Å². The summed E-state index contributed by atoms with van der Waals surface area (Å²) in [4.78, 5) is 4.23. The van der Waals surface area contributed by atoms with Gasteiger partial charge >= 0.3 is 0 Å². The minimum atomic E-state index is -1.73. The van der Waals surface area contributed by atoms with E-state index in [1.54, 1.807) is 13.3 Å². The van der Waals surface area contributed by atoms with Crippen molar-refractivity contribution >= 4 is 8.32 Å². The molecule has 0 fully saturated rings. The molecule has 0 spiro atoms. The van der Waals surface area contributed by atoms with Crippen LogP contribution in [0.4, 0.5) is 0 Å². The number of rotatable bonds is 4. The van der Waals surface area contributed by atoms with Crippen molar-refractivity contribution in [3.8, 4) is 5.88 Å². The van der Waals surface area contributed by atoms with Crippen molar-refractivity contribution < 1.29 is 9.16 Å². The van der Waals surface area contributed by atoms with E-state index in [0.717, 1.165) is 5.56 Å². The Morgan fingerprint density at radius 3 is 2.39 bits per heavy atom. The van der Waals surface area contributed by atoms with E-state index in [0.29, 0.717) is 12.5 Å². The highest BCUT2D eigenvalue weighted by atomic mass is 28.4. The van der Waals surface area contributed by atoms with Crippen LogP contribution in [0.5, 0.6) is 5.88 Å². The lowest BCUT2D eigenvalue weighted by Crippen LogP contribution is -2.40. The highest BCUT2D eigenvalue weighted by molar-refractivity contribution is 6.74. The maximum Gasteiger partial charge on any atom is 0.218 e. The van der Waals surface area contributed by atoms with E-state index in [4.69, 9.17) is 9.16 Å². The molecule has 0 aliphatic rings. The molecule has 0 amide bonds. The molecule has 0 aliphatic heterocycles. The van der Waals surface area contributed by atoms with Gasteiger partial charge in [-0.2, -0.15) is 0 Å². The Morgan fingerprint density at radius 2 is 1.89 bits per heavy atom. The summed E-state index contributed by atoms with van der Waals surface area (Å²) in [5.41, 5.74) is 2.23. The lowest BCUT2D eigenvalue weighted by molar-refractivity contribution is 0.267. The Morgan fingerprint density at radius 1 is 1.28 bits per heavy atom. The minimum absolute atomic E-state index is 0.219. The summed E-state index contributed by atoms with van der Waals surface area (Å²) in [5, 5.41) is 0.219. The number of hydrogen-bond donors (Lipinski definition) is 0. The highest BCUT2D eigenvalue weighted by Gasteiger charge is 2.37. The maximum atomic E-state index is 6.22. The van der Waals surface area contributed by atoms with Crippen LogP contribution in [0.2, 0.25) is 18.1 Å². The van der Waals surface area contributed by atoms with Crippen LogP contribution < -0.4 is 4.74 Å². The topological polar surface area (TPSA) is 31.4 Å². The SMILES string of the molecule is COc1nccc(C)c1CO[Si](C)(C)C(C)(C)C. The van der Waals surface area contributed by atoms with Crippen molar-refractivity contribution in [3.63, 3.8) is 0 Å². The van der Waals surface area contributed by atoms with Crippen molar-refractivity contribution in [2.45, 2.75) is 52.4 Å². The van der Waals surface area contributed by atoms with Gasteiger partial charge in [0.05, 0.1) is 13.7 Å². The number of aromatic nitrogens is 1. The molecule has 1 rings (SSSR count). The van der Waals surface area contributed by atoms with Gasteiger partial charge < -0.3 is 9.16 Å². The fraction of sp³-hybridized carbons (Fsp3) is 0.643. The normalized spacial score (nSPS) is 12.6. The Kier molecular flexibility index (Phi) is 4.56. The first-order chi connectivity index (χ1) is 8.19. The lowest BCUT2D eigenvalue weighted by atomic mass is 10.2. The molecule has 3 nitrogen and oxygen atoms in total. The molecule has 0 unspecified atom stereocenters. The number of hydrogen-bond acceptors (Lipinski definition) is 3. The van der Waals surface area contributed by atoms with Crippen molar-refractivity contribution in [3.05, 3.63) is 23.4 Å². The second-order valence-electron chi connectivity index (χ2n) is 6.16. The van der Waals surface area contributed by atoms with Gasteiger partial charge in [-0.3, -0.25) is 0 Å². The lowest BCUT2D eigenvalue weighted by Gasteiger charge is -2.36. The molecule has 1 aromatic heterocycles. The van der Waals surface area contributed by atoms with Gasteiger partial charge in [-0.05, 0) is 36.7 Å². The summed E-state index contributed by atoms with van der Waals surface area (Å²) in [6.07, 6.45) is 1.77. The second-order valence-corrected chi connectivity index (χ2v) is 11.0. The molecule has 0 atom stereocenters. The number of aryl methyl sites for hydroxylation is 1. The van der Waals surface area contributed by atoms with Crippen molar-refractivity contribution in [2.24, 2.45) is 0 Å². The smallest absolute Gasteiger partial charge is 0.218 e. The molecule has 0 aromatic carbocycles. The van der Waals surface area contributed by atoms with Crippen LogP contribution in [0.1, 0.15) is 31.9 Å². The molecule has 18 heavy (non-hydrogen) atoms. The number of pyridine rings is 1. The predicted molar refractivity (Wildman–Crippen MR) is 77.5 cm³/mol. The fourth-order valence-electron chi connectivity index (χ4n) is 1.38. The van der Waals surface area contributed by atoms with Gasteiger partial charge in [-0.15, -0.1) is 0 Å². The van der Waals surface area contributed by atoms with E-state index in [1.807, 2.05) is 6.07 Å². The molecular formula is C14H25NO2Si. The second kappa shape index (κ2) is 5.41. The Balaban J connectivity index is 2.87. The third-order valence-electron chi connectivity index (χ3n) is 3.83. The highest BCUT2D eigenvalue weighted by Crippen LogP contribution is 2.37. The van der Waals surface area contributed by atoms with Crippen LogP contribution in [0, 0.1) is 6.92 Å². The van der Waals surface area contributed by atoms with E-state index in [9.17, 15) is 0 Å². The molecule has 0 bridgehead atoms. The van der Waals surface area contributed by atoms with Crippen molar-refractivity contribution in [1.82, 2.24) is 4.98 Å².